The number of halogens is 1. The average molecular weight is 372 g/mol. The molecule has 0 bridgehead atoms. The minimum absolute atomic E-state index is 0.0138. The maximum atomic E-state index is 6.24. The highest BCUT2D eigenvalue weighted by atomic mass is 35.5. The molecule has 26 heavy (non-hydrogen) atoms. The summed E-state index contributed by atoms with van der Waals surface area (Å²) in [5, 5.41) is 11.9. The lowest BCUT2D eigenvalue weighted by Crippen LogP contribution is -2.52. The van der Waals surface area contributed by atoms with Crippen LogP contribution in [0.3, 0.4) is 0 Å². The highest BCUT2D eigenvalue weighted by molar-refractivity contribution is 6.29. The predicted octanol–water partition coefficient (Wildman–Crippen LogP) is 3.71. The van der Waals surface area contributed by atoms with Crippen molar-refractivity contribution in [1.29, 1.82) is 0 Å². The number of fused-ring (bicyclic) bond motifs is 3. The van der Waals surface area contributed by atoms with Gasteiger partial charge in [-0.1, -0.05) is 31.2 Å². The van der Waals surface area contributed by atoms with Crippen LogP contribution in [-0.4, -0.2) is 39.9 Å². The molecule has 4 rings (SSSR count). The molecular formula is C19H22ClN5O. The molecule has 0 unspecified atom stereocenters. The SMILES string of the molecule is C=Cc1cnc(O[C@H]2CN3c4cc(Cl)nnc4NC[C@@]3(CC)C2)cc1C. The number of rotatable bonds is 4. The van der Waals surface area contributed by atoms with E-state index in [1.54, 1.807) is 6.08 Å². The summed E-state index contributed by atoms with van der Waals surface area (Å²) in [6.45, 7) is 9.64. The van der Waals surface area contributed by atoms with Crippen molar-refractivity contribution in [1.82, 2.24) is 15.2 Å². The molecular weight excluding hydrogens is 350 g/mol. The molecule has 2 aliphatic rings. The first kappa shape index (κ1) is 17.1. The third-order valence-electron chi connectivity index (χ3n) is 5.48. The molecule has 1 fully saturated rings. The van der Waals surface area contributed by atoms with Crippen molar-refractivity contribution in [2.24, 2.45) is 0 Å². The molecule has 0 saturated carbocycles. The van der Waals surface area contributed by atoms with Crippen molar-refractivity contribution in [3.05, 3.63) is 41.2 Å². The second-order valence-electron chi connectivity index (χ2n) is 6.97. The van der Waals surface area contributed by atoms with Gasteiger partial charge in [-0.15, -0.1) is 10.2 Å². The second-order valence-corrected chi connectivity index (χ2v) is 7.36. The number of pyridine rings is 1. The Morgan fingerprint density at radius 2 is 2.31 bits per heavy atom. The van der Waals surface area contributed by atoms with Gasteiger partial charge in [0.1, 0.15) is 6.10 Å². The second kappa shape index (κ2) is 6.43. The quantitative estimate of drug-likeness (QED) is 0.883. The molecule has 4 heterocycles. The summed E-state index contributed by atoms with van der Waals surface area (Å²) in [6.07, 6.45) is 5.58. The lowest BCUT2D eigenvalue weighted by molar-refractivity contribution is 0.202. The summed E-state index contributed by atoms with van der Waals surface area (Å²) in [6, 6.07) is 3.85. The van der Waals surface area contributed by atoms with Gasteiger partial charge in [-0.05, 0) is 24.5 Å². The third kappa shape index (κ3) is 2.78. The number of nitrogens with zero attached hydrogens (tertiary/aromatic N) is 4. The molecule has 136 valence electrons. The molecule has 2 aliphatic heterocycles. The lowest BCUT2D eigenvalue weighted by Gasteiger charge is -2.43. The van der Waals surface area contributed by atoms with Crippen LogP contribution in [0.1, 0.15) is 30.9 Å². The minimum Gasteiger partial charge on any atom is -0.472 e. The van der Waals surface area contributed by atoms with Crippen LogP contribution in [-0.2, 0) is 0 Å². The molecule has 2 atom stereocenters. The van der Waals surface area contributed by atoms with Crippen molar-refractivity contribution in [2.45, 2.75) is 38.3 Å². The van der Waals surface area contributed by atoms with Gasteiger partial charge in [0.2, 0.25) is 5.88 Å². The van der Waals surface area contributed by atoms with Crippen LogP contribution in [0.15, 0.2) is 24.9 Å². The Bertz CT molecular complexity index is 858. The first-order valence-electron chi connectivity index (χ1n) is 8.85. The average Bonchev–Trinajstić information content (AvgIpc) is 3.01. The van der Waals surface area contributed by atoms with E-state index in [1.165, 1.54) is 0 Å². The van der Waals surface area contributed by atoms with E-state index in [-0.39, 0.29) is 11.6 Å². The topological polar surface area (TPSA) is 63.2 Å². The van der Waals surface area contributed by atoms with Gasteiger partial charge < -0.3 is 15.0 Å². The largest absolute Gasteiger partial charge is 0.472 e. The van der Waals surface area contributed by atoms with E-state index in [0.29, 0.717) is 11.0 Å². The monoisotopic (exact) mass is 371 g/mol. The molecule has 2 aromatic heterocycles. The van der Waals surface area contributed by atoms with Gasteiger partial charge in [0.25, 0.3) is 0 Å². The number of nitrogens with one attached hydrogen (secondary N) is 1. The molecule has 0 radical (unpaired) electrons. The standard InChI is InChI=1S/C19H22ClN5O/c1-4-13-9-21-17(6-12(13)3)26-14-8-19(5-2)11-22-18-15(25(19)10-14)7-16(20)23-24-18/h4,6-7,9,14H,1,5,8,10-11H2,2-3H3,(H,22,24)/t14-,19-/m1/s1. The zero-order valence-electron chi connectivity index (χ0n) is 15.0. The number of anilines is 2. The fourth-order valence-electron chi connectivity index (χ4n) is 3.99. The third-order valence-corrected chi connectivity index (χ3v) is 5.66. The molecule has 0 aliphatic carbocycles. The molecule has 0 amide bonds. The van der Waals surface area contributed by atoms with Gasteiger partial charge in [-0.25, -0.2) is 4.98 Å². The molecule has 0 spiro atoms. The number of aryl methyl sites for hydroxylation is 1. The number of hydrogen-bond donors (Lipinski definition) is 1. The Hall–Kier alpha value is -2.34. The number of ether oxygens (including phenoxy) is 1. The molecule has 1 N–H and O–H groups in total. The number of aromatic nitrogens is 3. The molecule has 7 heteroatoms. The van der Waals surface area contributed by atoms with Gasteiger partial charge >= 0.3 is 0 Å². The van der Waals surface area contributed by atoms with Crippen LogP contribution in [0, 0.1) is 6.92 Å². The summed E-state index contributed by atoms with van der Waals surface area (Å²) in [4.78, 5) is 6.80. The normalized spacial score (nSPS) is 23.8. The van der Waals surface area contributed by atoms with Crippen LogP contribution in [0.2, 0.25) is 5.15 Å². The van der Waals surface area contributed by atoms with Crippen molar-refractivity contribution >= 4 is 29.2 Å². The van der Waals surface area contributed by atoms with Crippen LogP contribution in [0.4, 0.5) is 11.5 Å². The van der Waals surface area contributed by atoms with Gasteiger partial charge in [-0.2, -0.15) is 0 Å². The summed E-state index contributed by atoms with van der Waals surface area (Å²) < 4.78 is 6.24. The van der Waals surface area contributed by atoms with Gasteiger partial charge in [0, 0.05) is 31.3 Å². The summed E-state index contributed by atoms with van der Waals surface area (Å²) in [5.41, 5.74) is 3.12. The molecule has 6 nitrogen and oxygen atoms in total. The fourth-order valence-corrected chi connectivity index (χ4v) is 4.13. The molecule has 0 aromatic carbocycles. The summed E-state index contributed by atoms with van der Waals surface area (Å²) in [7, 11) is 0. The number of hydrogen-bond acceptors (Lipinski definition) is 6. The highest BCUT2D eigenvalue weighted by Crippen LogP contribution is 2.44. The van der Waals surface area contributed by atoms with Crippen molar-refractivity contribution in [3.8, 4) is 5.88 Å². The van der Waals surface area contributed by atoms with E-state index < -0.39 is 0 Å². The first-order valence-corrected chi connectivity index (χ1v) is 9.23. The van der Waals surface area contributed by atoms with E-state index in [2.05, 4.69) is 38.9 Å². The Kier molecular flexibility index (Phi) is 4.23. The maximum Gasteiger partial charge on any atom is 0.213 e. The van der Waals surface area contributed by atoms with Gasteiger partial charge in [0.15, 0.2) is 11.0 Å². The van der Waals surface area contributed by atoms with E-state index in [9.17, 15) is 0 Å². The van der Waals surface area contributed by atoms with E-state index in [1.807, 2.05) is 25.3 Å². The van der Waals surface area contributed by atoms with E-state index >= 15 is 0 Å². The van der Waals surface area contributed by atoms with Crippen molar-refractivity contribution in [3.63, 3.8) is 0 Å². The fraction of sp³-hybridized carbons (Fsp3) is 0.421. The first-order chi connectivity index (χ1) is 12.5. The Labute approximate surface area is 158 Å². The molecule has 1 saturated heterocycles. The van der Waals surface area contributed by atoms with Gasteiger partial charge in [-0.3, -0.25) is 0 Å². The highest BCUT2D eigenvalue weighted by Gasteiger charge is 2.48. The van der Waals surface area contributed by atoms with Gasteiger partial charge in [0.05, 0.1) is 17.8 Å². The summed E-state index contributed by atoms with van der Waals surface area (Å²) in [5.74, 6) is 1.44. The van der Waals surface area contributed by atoms with E-state index in [0.717, 1.165) is 48.6 Å². The zero-order chi connectivity index (χ0) is 18.3. The van der Waals surface area contributed by atoms with Crippen LogP contribution >= 0.6 is 11.6 Å². The maximum absolute atomic E-state index is 6.24. The zero-order valence-corrected chi connectivity index (χ0v) is 15.8. The summed E-state index contributed by atoms with van der Waals surface area (Å²) >= 11 is 6.09. The Morgan fingerprint density at radius 3 is 3.04 bits per heavy atom. The smallest absolute Gasteiger partial charge is 0.213 e. The Balaban J connectivity index is 1.60. The molecule has 2 aromatic rings. The van der Waals surface area contributed by atoms with E-state index in [4.69, 9.17) is 16.3 Å². The van der Waals surface area contributed by atoms with Crippen molar-refractivity contribution in [2.75, 3.05) is 23.3 Å². The predicted molar refractivity (Wildman–Crippen MR) is 104 cm³/mol. The van der Waals surface area contributed by atoms with Crippen LogP contribution < -0.4 is 15.0 Å². The van der Waals surface area contributed by atoms with Crippen molar-refractivity contribution < 1.29 is 4.74 Å². The Morgan fingerprint density at radius 1 is 1.46 bits per heavy atom. The lowest BCUT2D eigenvalue weighted by atomic mass is 9.90. The van der Waals surface area contributed by atoms with Crippen LogP contribution in [0.5, 0.6) is 5.88 Å². The van der Waals surface area contributed by atoms with Crippen LogP contribution in [0.25, 0.3) is 6.08 Å². The minimum atomic E-state index is -0.0138.